The van der Waals surface area contributed by atoms with Crippen LogP contribution >= 0.6 is 15.9 Å². The van der Waals surface area contributed by atoms with Gasteiger partial charge in [0.25, 0.3) is 0 Å². The number of rotatable bonds is 3. The van der Waals surface area contributed by atoms with E-state index >= 15 is 0 Å². The van der Waals surface area contributed by atoms with E-state index in [1.807, 2.05) is 0 Å². The van der Waals surface area contributed by atoms with E-state index in [9.17, 15) is 0 Å². The molecule has 0 radical (unpaired) electrons. The van der Waals surface area contributed by atoms with Gasteiger partial charge in [0.05, 0.1) is 0 Å². The maximum Gasteiger partial charge on any atom is 0.0297 e. The average molecular weight is 294 g/mol. The molecule has 0 heterocycles. The molecule has 2 aliphatic carbocycles. The van der Waals surface area contributed by atoms with Crippen LogP contribution in [0.25, 0.3) is 0 Å². The minimum atomic E-state index is 0.219. The van der Waals surface area contributed by atoms with Crippen LogP contribution in [0.4, 0.5) is 0 Å². The third kappa shape index (κ3) is 2.43. The second-order valence-electron chi connectivity index (χ2n) is 5.83. The highest BCUT2D eigenvalue weighted by molar-refractivity contribution is 9.10. The highest BCUT2D eigenvalue weighted by Crippen LogP contribution is 2.50. The van der Waals surface area contributed by atoms with Crippen molar-refractivity contribution in [2.45, 2.75) is 38.1 Å². The maximum absolute atomic E-state index is 6.35. The van der Waals surface area contributed by atoms with Gasteiger partial charge in [-0.15, -0.1) is 0 Å². The van der Waals surface area contributed by atoms with E-state index in [1.54, 1.807) is 0 Å². The van der Waals surface area contributed by atoms with E-state index < -0.39 is 0 Å². The minimum absolute atomic E-state index is 0.219. The largest absolute Gasteiger partial charge is 0.324 e. The first kappa shape index (κ1) is 11.7. The zero-order valence-electron chi connectivity index (χ0n) is 10.1. The quantitative estimate of drug-likeness (QED) is 0.885. The van der Waals surface area contributed by atoms with E-state index in [2.05, 4.69) is 40.2 Å². The predicted octanol–water partition coefficient (Wildman–Crippen LogP) is 4.28. The highest BCUT2D eigenvalue weighted by Gasteiger charge is 2.39. The van der Waals surface area contributed by atoms with E-state index in [1.165, 1.54) is 37.7 Å². The van der Waals surface area contributed by atoms with Crippen LogP contribution in [0.3, 0.4) is 0 Å². The van der Waals surface area contributed by atoms with Gasteiger partial charge in [0.2, 0.25) is 0 Å². The van der Waals surface area contributed by atoms with Crippen molar-refractivity contribution in [1.29, 1.82) is 0 Å². The minimum Gasteiger partial charge on any atom is -0.324 e. The normalized spacial score (nSPS) is 32.9. The highest BCUT2D eigenvalue weighted by atomic mass is 79.9. The van der Waals surface area contributed by atoms with E-state index in [0.717, 1.165) is 22.2 Å². The van der Waals surface area contributed by atoms with Crippen LogP contribution < -0.4 is 5.73 Å². The Kier molecular flexibility index (Phi) is 3.27. The van der Waals surface area contributed by atoms with Gasteiger partial charge in [-0.25, -0.2) is 0 Å². The van der Waals surface area contributed by atoms with E-state index in [4.69, 9.17) is 5.73 Å². The topological polar surface area (TPSA) is 26.0 Å². The smallest absolute Gasteiger partial charge is 0.0297 e. The summed E-state index contributed by atoms with van der Waals surface area (Å²) in [5.74, 6) is 2.90. The number of benzene rings is 1. The summed E-state index contributed by atoms with van der Waals surface area (Å²) < 4.78 is 1.14. The van der Waals surface area contributed by atoms with E-state index in [-0.39, 0.29) is 6.04 Å². The molecule has 1 nitrogen and oxygen atoms in total. The zero-order chi connectivity index (χ0) is 11.8. The number of fused-ring (bicyclic) bond motifs is 2. The Bertz CT molecular complexity index is 404. The lowest BCUT2D eigenvalue weighted by molar-refractivity contribution is 0.296. The molecule has 4 atom stereocenters. The number of nitrogens with two attached hydrogens (primary N) is 1. The van der Waals surface area contributed by atoms with Crippen LogP contribution in [0.5, 0.6) is 0 Å². The SMILES string of the molecule is NC(CC1CC2CCC1C2)c1cccc(Br)c1. The van der Waals surface area contributed by atoms with Crippen molar-refractivity contribution in [2.24, 2.45) is 23.5 Å². The molecule has 2 saturated carbocycles. The molecule has 17 heavy (non-hydrogen) atoms. The Morgan fingerprint density at radius 2 is 2.18 bits per heavy atom. The molecule has 2 heteroatoms. The lowest BCUT2D eigenvalue weighted by Crippen LogP contribution is -2.19. The van der Waals surface area contributed by atoms with Crippen molar-refractivity contribution < 1.29 is 0 Å². The first-order valence-electron chi connectivity index (χ1n) is 6.73. The van der Waals surface area contributed by atoms with Gasteiger partial charge in [-0.2, -0.15) is 0 Å². The van der Waals surface area contributed by atoms with Crippen LogP contribution in [0.1, 0.15) is 43.7 Å². The van der Waals surface area contributed by atoms with Gasteiger partial charge in [0.15, 0.2) is 0 Å². The molecule has 0 spiro atoms. The monoisotopic (exact) mass is 293 g/mol. The molecule has 4 unspecified atom stereocenters. The standard InChI is InChI=1S/C15H20BrN/c16-14-3-1-2-12(8-14)15(17)9-13-7-10-4-5-11(13)6-10/h1-3,8,10-11,13,15H,4-7,9,17H2. The van der Waals surface area contributed by atoms with Gasteiger partial charge >= 0.3 is 0 Å². The van der Waals surface area contributed by atoms with Gasteiger partial charge < -0.3 is 5.73 Å². The fraction of sp³-hybridized carbons (Fsp3) is 0.600. The molecule has 0 aromatic heterocycles. The second-order valence-corrected chi connectivity index (χ2v) is 6.75. The van der Waals surface area contributed by atoms with Crippen LogP contribution in [-0.2, 0) is 0 Å². The summed E-state index contributed by atoms with van der Waals surface area (Å²) in [6, 6.07) is 8.69. The van der Waals surface area contributed by atoms with Gasteiger partial charge in [0, 0.05) is 10.5 Å². The maximum atomic E-state index is 6.35. The summed E-state index contributed by atoms with van der Waals surface area (Å²) in [4.78, 5) is 0. The molecule has 2 N–H and O–H groups in total. The van der Waals surface area contributed by atoms with E-state index in [0.29, 0.717) is 0 Å². The first-order valence-corrected chi connectivity index (χ1v) is 7.52. The number of halogens is 1. The Morgan fingerprint density at radius 3 is 2.82 bits per heavy atom. The lowest BCUT2D eigenvalue weighted by Gasteiger charge is -2.25. The van der Waals surface area contributed by atoms with Crippen molar-refractivity contribution in [1.82, 2.24) is 0 Å². The third-order valence-corrected chi connectivity index (χ3v) is 5.21. The van der Waals surface area contributed by atoms with Crippen molar-refractivity contribution in [3.63, 3.8) is 0 Å². The van der Waals surface area contributed by atoms with Crippen molar-refractivity contribution in [3.8, 4) is 0 Å². The Balaban J connectivity index is 1.65. The van der Waals surface area contributed by atoms with Gasteiger partial charge in [-0.05, 0) is 61.1 Å². The third-order valence-electron chi connectivity index (χ3n) is 4.72. The number of hydrogen-bond acceptors (Lipinski definition) is 1. The summed E-state index contributed by atoms with van der Waals surface area (Å²) in [5.41, 5.74) is 7.63. The molecular weight excluding hydrogens is 274 g/mol. The summed E-state index contributed by atoms with van der Waals surface area (Å²) in [5, 5.41) is 0. The molecule has 2 bridgehead atoms. The molecule has 2 fully saturated rings. The summed E-state index contributed by atoms with van der Waals surface area (Å²) in [6.45, 7) is 0. The van der Waals surface area contributed by atoms with Crippen LogP contribution in [0.15, 0.2) is 28.7 Å². The molecule has 1 aromatic carbocycles. The predicted molar refractivity (Wildman–Crippen MR) is 74.6 cm³/mol. The molecule has 2 aliphatic rings. The fourth-order valence-electron chi connectivity index (χ4n) is 3.86. The molecule has 0 saturated heterocycles. The molecule has 3 rings (SSSR count). The average Bonchev–Trinajstić information content (AvgIpc) is 2.91. The van der Waals surface area contributed by atoms with Crippen molar-refractivity contribution >= 4 is 15.9 Å². The summed E-state index contributed by atoms with van der Waals surface area (Å²) >= 11 is 3.52. The summed E-state index contributed by atoms with van der Waals surface area (Å²) in [7, 11) is 0. The first-order chi connectivity index (χ1) is 8.22. The lowest BCUT2D eigenvalue weighted by atomic mass is 9.83. The molecule has 0 aliphatic heterocycles. The second kappa shape index (κ2) is 4.74. The Hall–Kier alpha value is -0.340. The van der Waals surface area contributed by atoms with Crippen LogP contribution in [0.2, 0.25) is 0 Å². The van der Waals surface area contributed by atoms with Crippen LogP contribution in [0, 0.1) is 17.8 Å². The molecule has 92 valence electrons. The Labute approximate surface area is 112 Å². The van der Waals surface area contributed by atoms with Gasteiger partial charge in [-0.1, -0.05) is 34.5 Å². The van der Waals surface area contributed by atoms with Gasteiger partial charge in [0.1, 0.15) is 0 Å². The molecular formula is C15H20BrN. The molecule has 0 amide bonds. The number of hydrogen-bond donors (Lipinski definition) is 1. The fourth-order valence-corrected chi connectivity index (χ4v) is 4.28. The zero-order valence-corrected chi connectivity index (χ0v) is 11.7. The Morgan fingerprint density at radius 1 is 1.29 bits per heavy atom. The van der Waals surface area contributed by atoms with Crippen molar-refractivity contribution in [3.05, 3.63) is 34.3 Å². The van der Waals surface area contributed by atoms with Gasteiger partial charge in [-0.3, -0.25) is 0 Å². The van der Waals surface area contributed by atoms with Crippen LogP contribution in [-0.4, -0.2) is 0 Å². The molecule has 1 aromatic rings. The van der Waals surface area contributed by atoms with Crippen molar-refractivity contribution in [2.75, 3.05) is 0 Å². The summed E-state index contributed by atoms with van der Waals surface area (Å²) in [6.07, 6.45) is 7.04.